The minimum Gasteiger partial charge on any atom is -0.357 e. The average Bonchev–Trinajstić information content (AvgIpc) is 3.67. The van der Waals surface area contributed by atoms with E-state index >= 15 is 0 Å². The summed E-state index contributed by atoms with van der Waals surface area (Å²) >= 11 is 0. The van der Waals surface area contributed by atoms with Crippen molar-refractivity contribution in [1.29, 1.82) is 0 Å². The van der Waals surface area contributed by atoms with E-state index in [-0.39, 0.29) is 22.8 Å². The minimum absolute atomic E-state index is 0.0615. The van der Waals surface area contributed by atoms with E-state index in [1.165, 1.54) is 111 Å². The summed E-state index contributed by atoms with van der Waals surface area (Å²) in [6.07, 6.45) is 6.41. The summed E-state index contributed by atoms with van der Waals surface area (Å²) < 4.78 is 0. The van der Waals surface area contributed by atoms with Crippen molar-refractivity contribution in [1.82, 2.24) is 4.98 Å². The highest BCUT2D eigenvalue weighted by Gasteiger charge is 2.41. The first-order chi connectivity index (χ1) is 29.3. The second-order valence-corrected chi connectivity index (χ2v) is 20.3. The van der Waals surface area contributed by atoms with E-state index in [0.717, 1.165) is 38.5 Å². The van der Waals surface area contributed by atoms with Gasteiger partial charge in [-0.05, 0) is 130 Å². The fourth-order valence-electron chi connectivity index (χ4n) is 10.8. The number of allylic oxidation sites excluding steroid dienone is 1. The summed E-state index contributed by atoms with van der Waals surface area (Å²) in [5.41, 5.74) is 24.3. The smallest absolute Gasteiger partial charge is 0.0889 e. The number of fused-ring (bicyclic) bond motifs is 7. The molecule has 2 heterocycles. The number of hydrogen-bond donors (Lipinski definition) is 1. The molecule has 2 unspecified atom stereocenters. The van der Waals surface area contributed by atoms with Gasteiger partial charge in [0.2, 0.25) is 0 Å². The Balaban J connectivity index is 1.30. The van der Waals surface area contributed by atoms with E-state index in [2.05, 4.69) is 188 Å². The van der Waals surface area contributed by atoms with Crippen LogP contribution in [0.25, 0.3) is 38.7 Å². The van der Waals surface area contributed by atoms with Crippen LogP contribution in [0.4, 0.5) is 0 Å². The average molecular weight is 797 g/mol. The SMILES string of the molecule is Cc1ccc2c(c1)CCCC1=C(c3ccc(C(C)(C)C)cc3)C(C(c3[nH]c4c(c3-c3ccc(C(C)(C)C)cc3)CCCc3cc(C)ccc3-4)c3cccc4ccccc34)N=C12. The maximum Gasteiger partial charge on any atom is 0.0889 e. The van der Waals surface area contributed by atoms with Gasteiger partial charge >= 0.3 is 0 Å². The second-order valence-electron chi connectivity index (χ2n) is 20.3. The van der Waals surface area contributed by atoms with Crippen LogP contribution in [-0.2, 0) is 30.1 Å². The van der Waals surface area contributed by atoms with Crippen molar-refractivity contribution >= 4 is 22.1 Å². The predicted molar refractivity (Wildman–Crippen MR) is 259 cm³/mol. The van der Waals surface area contributed by atoms with Gasteiger partial charge in [0.1, 0.15) is 0 Å². The van der Waals surface area contributed by atoms with Crippen LogP contribution in [0.5, 0.6) is 0 Å². The zero-order valence-corrected chi connectivity index (χ0v) is 37.5. The Morgan fingerprint density at radius 2 is 1.18 bits per heavy atom. The van der Waals surface area contributed by atoms with E-state index in [9.17, 15) is 0 Å². The lowest BCUT2D eigenvalue weighted by Crippen LogP contribution is -2.21. The third-order valence-electron chi connectivity index (χ3n) is 14.0. The molecule has 10 rings (SSSR count). The Kier molecular flexibility index (Phi) is 9.70. The molecule has 3 aliphatic rings. The summed E-state index contributed by atoms with van der Waals surface area (Å²) in [7, 11) is 0. The Bertz CT molecular complexity index is 2870. The molecule has 2 atom stereocenters. The number of hydrogen-bond acceptors (Lipinski definition) is 1. The lowest BCUT2D eigenvalue weighted by molar-refractivity contribution is 0.590. The van der Waals surface area contributed by atoms with Gasteiger partial charge in [-0.1, -0.05) is 180 Å². The van der Waals surface area contributed by atoms with Crippen LogP contribution < -0.4 is 0 Å². The van der Waals surface area contributed by atoms with Gasteiger partial charge in [-0.15, -0.1) is 0 Å². The number of aliphatic imine (C=N–C) groups is 1. The quantitative estimate of drug-likeness (QED) is 0.180. The third-order valence-corrected chi connectivity index (χ3v) is 14.0. The van der Waals surface area contributed by atoms with E-state index in [1.807, 2.05) is 0 Å². The zero-order valence-electron chi connectivity index (χ0n) is 37.5. The Morgan fingerprint density at radius 3 is 1.85 bits per heavy atom. The Morgan fingerprint density at radius 1 is 0.590 bits per heavy atom. The van der Waals surface area contributed by atoms with Gasteiger partial charge in [0.05, 0.1) is 17.7 Å². The number of aromatic nitrogens is 1. The van der Waals surface area contributed by atoms with Crippen molar-refractivity contribution in [2.75, 3.05) is 0 Å². The number of benzene rings is 6. The predicted octanol–water partition coefficient (Wildman–Crippen LogP) is 15.0. The molecule has 6 aromatic carbocycles. The first kappa shape index (κ1) is 39.4. The topological polar surface area (TPSA) is 28.1 Å². The molecule has 2 heteroatoms. The standard InChI is InChI=1S/C59H60N2/c1-36-22-32-46-41(34-36)16-12-20-49-51(39-24-28-43(29-25-39)58(3,4)5)56(60-54(46)49)53(48-19-11-15-38-14-9-10-18-45(38)48)57-52(40-26-30-44(31-27-40)59(6,7)8)50-21-13-17-42-35-37(2)23-33-47(42)55(50)61-57/h9-11,14-15,18-19,22-35,53,56,61H,12-13,16-17,20-21H2,1-8H3. The van der Waals surface area contributed by atoms with Gasteiger partial charge in [0.15, 0.2) is 0 Å². The van der Waals surface area contributed by atoms with Crippen molar-refractivity contribution in [3.63, 3.8) is 0 Å². The van der Waals surface area contributed by atoms with E-state index in [4.69, 9.17) is 4.99 Å². The third kappa shape index (κ3) is 7.03. The summed E-state index contributed by atoms with van der Waals surface area (Å²) in [4.78, 5) is 10.4. The molecule has 7 aromatic rings. The number of nitrogens with zero attached hydrogens (tertiary/aromatic N) is 1. The number of aromatic amines is 1. The van der Waals surface area contributed by atoms with Gasteiger partial charge in [-0.3, -0.25) is 4.99 Å². The fraction of sp³-hybridized carbons (Fsp3) is 0.305. The maximum absolute atomic E-state index is 6.11. The Labute approximate surface area is 363 Å². The van der Waals surface area contributed by atoms with Crippen LogP contribution in [0.3, 0.4) is 0 Å². The molecule has 0 amide bonds. The molecule has 1 N–H and O–H groups in total. The highest BCUT2D eigenvalue weighted by atomic mass is 14.9. The summed E-state index contributed by atoms with van der Waals surface area (Å²) in [5.74, 6) is -0.0951. The van der Waals surface area contributed by atoms with Crippen molar-refractivity contribution in [2.24, 2.45) is 4.99 Å². The van der Waals surface area contributed by atoms with Gasteiger partial charge in [0, 0.05) is 28.1 Å². The van der Waals surface area contributed by atoms with Crippen LogP contribution in [0.2, 0.25) is 0 Å². The van der Waals surface area contributed by atoms with Crippen molar-refractivity contribution < 1.29 is 0 Å². The molecule has 1 aromatic heterocycles. The van der Waals surface area contributed by atoms with Crippen molar-refractivity contribution in [3.05, 3.63) is 194 Å². The van der Waals surface area contributed by atoms with Crippen LogP contribution in [0, 0.1) is 13.8 Å². The molecule has 61 heavy (non-hydrogen) atoms. The molecule has 0 saturated heterocycles. The minimum atomic E-state index is -0.157. The summed E-state index contributed by atoms with van der Waals surface area (Å²) in [5, 5.41) is 2.56. The van der Waals surface area contributed by atoms with Crippen LogP contribution in [-0.4, -0.2) is 16.7 Å². The number of aryl methyl sites for hydroxylation is 4. The molecule has 0 saturated carbocycles. The molecule has 306 valence electrons. The lowest BCUT2D eigenvalue weighted by Gasteiger charge is -2.28. The first-order valence-corrected chi connectivity index (χ1v) is 22.8. The summed E-state index contributed by atoms with van der Waals surface area (Å²) in [6, 6.07) is 49.1. The zero-order chi connectivity index (χ0) is 42.2. The molecular formula is C59H60N2. The molecule has 0 radical (unpaired) electrons. The van der Waals surface area contributed by atoms with E-state index < -0.39 is 0 Å². The fourth-order valence-corrected chi connectivity index (χ4v) is 10.8. The lowest BCUT2D eigenvalue weighted by atomic mass is 9.77. The molecule has 1 aliphatic heterocycles. The van der Waals surface area contributed by atoms with Crippen LogP contribution >= 0.6 is 0 Å². The number of nitrogens with one attached hydrogen (secondary N) is 1. The summed E-state index contributed by atoms with van der Waals surface area (Å²) in [6.45, 7) is 18.3. The molecule has 0 spiro atoms. The molecule has 0 bridgehead atoms. The second kappa shape index (κ2) is 15.0. The molecule has 0 fully saturated rings. The van der Waals surface area contributed by atoms with Crippen LogP contribution in [0.15, 0.2) is 138 Å². The van der Waals surface area contributed by atoms with E-state index in [0.29, 0.717) is 0 Å². The largest absolute Gasteiger partial charge is 0.357 e. The molecule has 2 nitrogen and oxygen atoms in total. The molecule has 2 aliphatic carbocycles. The monoisotopic (exact) mass is 796 g/mol. The van der Waals surface area contributed by atoms with Crippen molar-refractivity contribution in [2.45, 2.75) is 117 Å². The van der Waals surface area contributed by atoms with Crippen LogP contribution in [0.1, 0.15) is 128 Å². The maximum atomic E-state index is 6.11. The normalized spacial score (nSPS) is 16.9. The van der Waals surface area contributed by atoms with Gasteiger partial charge < -0.3 is 4.98 Å². The van der Waals surface area contributed by atoms with Gasteiger partial charge in [-0.2, -0.15) is 0 Å². The number of rotatable bonds is 5. The van der Waals surface area contributed by atoms with Gasteiger partial charge in [-0.25, -0.2) is 0 Å². The van der Waals surface area contributed by atoms with Crippen molar-refractivity contribution in [3.8, 4) is 22.4 Å². The highest BCUT2D eigenvalue weighted by Crippen LogP contribution is 2.51. The van der Waals surface area contributed by atoms with E-state index in [1.54, 1.807) is 0 Å². The first-order valence-electron chi connectivity index (χ1n) is 22.8. The highest BCUT2D eigenvalue weighted by molar-refractivity contribution is 6.21. The Hall–Kier alpha value is -5.73. The number of H-pyrrole nitrogens is 1. The van der Waals surface area contributed by atoms with Gasteiger partial charge in [0.25, 0.3) is 0 Å². The molecular weight excluding hydrogens is 737 g/mol.